The summed E-state index contributed by atoms with van der Waals surface area (Å²) in [6.45, 7) is 7.49. The number of rotatable bonds is 2. The Bertz CT molecular complexity index is 324. The largest absolute Gasteiger partial charge is 0.371 e. The van der Waals surface area contributed by atoms with Gasteiger partial charge in [-0.1, -0.05) is 20.8 Å². The van der Waals surface area contributed by atoms with Crippen molar-refractivity contribution in [3.05, 3.63) is 0 Å². The molecule has 1 aliphatic rings. The molecular weight excluding hydrogens is 226 g/mol. The molecule has 5 heteroatoms. The van der Waals surface area contributed by atoms with Crippen molar-refractivity contribution in [2.24, 2.45) is 9.78 Å². The van der Waals surface area contributed by atoms with E-state index in [0.717, 1.165) is 6.42 Å². The van der Waals surface area contributed by atoms with Gasteiger partial charge in [0.15, 0.2) is 6.23 Å². The predicted octanol–water partition coefficient (Wildman–Crippen LogP) is 1.89. The Morgan fingerprint density at radius 3 is 2.25 bits per heavy atom. The van der Waals surface area contributed by atoms with Gasteiger partial charge in [0.1, 0.15) is 0 Å². The molecule has 0 aliphatic carbocycles. The van der Waals surface area contributed by atoms with Crippen LogP contribution < -0.4 is 0 Å². The zero-order chi connectivity index (χ0) is 12.4. The summed E-state index contributed by atoms with van der Waals surface area (Å²) < 4.78 is 26.8. The molecule has 2 unspecified atom stereocenters. The predicted molar refractivity (Wildman–Crippen MR) is 66.0 cm³/mol. The smallest absolute Gasteiger partial charge is 0.180 e. The fraction of sp³-hybridized carbons (Fsp3) is 1.00. The SMILES string of the molecule is CC(C)(C)CC1COC(N=S(C)(C)=O)CO1. The van der Waals surface area contributed by atoms with Crippen LogP contribution >= 0.6 is 0 Å². The maximum Gasteiger partial charge on any atom is 0.180 e. The molecule has 2 atom stereocenters. The van der Waals surface area contributed by atoms with E-state index >= 15 is 0 Å². The van der Waals surface area contributed by atoms with Crippen molar-refractivity contribution in [3.8, 4) is 0 Å². The van der Waals surface area contributed by atoms with E-state index < -0.39 is 9.73 Å². The van der Waals surface area contributed by atoms with Gasteiger partial charge in [0, 0.05) is 22.2 Å². The van der Waals surface area contributed by atoms with Gasteiger partial charge in [-0.2, -0.15) is 0 Å². The molecule has 0 radical (unpaired) electrons. The van der Waals surface area contributed by atoms with E-state index in [0.29, 0.717) is 13.2 Å². The van der Waals surface area contributed by atoms with Crippen molar-refractivity contribution in [1.29, 1.82) is 0 Å². The van der Waals surface area contributed by atoms with E-state index in [4.69, 9.17) is 9.47 Å². The lowest BCUT2D eigenvalue weighted by atomic mass is 9.89. The highest BCUT2D eigenvalue weighted by atomic mass is 32.2. The normalized spacial score (nSPS) is 27.8. The third-order valence-electron chi connectivity index (χ3n) is 2.16. The van der Waals surface area contributed by atoms with Gasteiger partial charge in [-0.25, -0.2) is 4.36 Å². The monoisotopic (exact) mass is 249 g/mol. The van der Waals surface area contributed by atoms with Crippen LogP contribution in [0.5, 0.6) is 0 Å². The first kappa shape index (κ1) is 13.9. The molecule has 0 spiro atoms. The molecule has 1 fully saturated rings. The minimum Gasteiger partial charge on any atom is -0.371 e. The van der Waals surface area contributed by atoms with Crippen molar-refractivity contribution in [1.82, 2.24) is 0 Å². The molecule has 0 aromatic heterocycles. The van der Waals surface area contributed by atoms with Crippen LogP contribution in [0.2, 0.25) is 0 Å². The first-order chi connectivity index (χ1) is 7.16. The molecule has 0 N–H and O–H groups in total. The second-order valence-electron chi connectivity index (χ2n) is 5.79. The molecule has 0 aromatic carbocycles. The molecule has 0 aromatic rings. The molecule has 1 saturated heterocycles. The quantitative estimate of drug-likeness (QED) is 0.751. The zero-order valence-electron chi connectivity index (χ0n) is 10.9. The van der Waals surface area contributed by atoms with Crippen LogP contribution in [0.1, 0.15) is 27.2 Å². The second-order valence-corrected chi connectivity index (χ2v) is 8.37. The minimum atomic E-state index is -2.11. The highest BCUT2D eigenvalue weighted by Gasteiger charge is 2.26. The van der Waals surface area contributed by atoms with E-state index in [1.165, 1.54) is 0 Å². The number of ether oxygens (including phenoxy) is 2. The van der Waals surface area contributed by atoms with E-state index in [-0.39, 0.29) is 17.7 Å². The summed E-state index contributed by atoms with van der Waals surface area (Å²) in [6.07, 6.45) is 3.96. The molecule has 96 valence electrons. The number of hydrogen-bond acceptors (Lipinski definition) is 4. The highest BCUT2D eigenvalue weighted by Crippen LogP contribution is 2.24. The first-order valence-corrected chi connectivity index (χ1v) is 7.88. The average Bonchev–Trinajstić information content (AvgIpc) is 2.03. The molecule has 1 heterocycles. The number of hydrogen-bond donors (Lipinski definition) is 0. The molecule has 0 saturated carbocycles. The van der Waals surface area contributed by atoms with Crippen molar-refractivity contribution >= 4 is 9.73 Å². The third-order valence-corrected chi connectivity index (χ3v) is 2.90. The van der Waals surface area contributed by atoms with E-state index in [1.807, 2.05) is 0 Å². The van der Waals surface area contributed by atoms with Crippen LogP contribution in [-0.4, -0.2) is 42.3 Å². The van der Waals surface area contributed by atoms with Gasteiger partial charge in [0.2, 0.25) is 0 Å². The van der Waals surface area contributed by atoms with Crippen molar-refractivity contribution in [2.75, 3.05) is 25.7 Å². The summed E-state index contributed by atoms with van der Waals surface area (Å²) in [4.78, 5) is 0. The Morgan fingerprint density at radius 2 is 1.88 bits per heavy atom. The average molecular weight is 249 g/mol. The number of nitrogens with zero attached hydrogens (tertiary/aromatic N) is 1. The molecule has 4 nitrogen and oxygen atoms in total. The van der Waals surface area contributed by atoms with E-state index in [9.17, 15) is 4.21 Å². The van der Waals surface area contributed by atoms with Crippen LogP contribution in [0, 0.1) is 5.41 Å². The zero-order valence-corrected chi connectivity index (χ0v) is 11.7. The maximum atomic E-state index is 11.5. The summed E-state index contributed by atoms with van der Waals surface area (Å²) in [5.74, 6) is 0. The van der Waals surface area contributed by atoms with Gasteiger partial charge < -0.3 is 9.47 Å². The third kappa shape index (κ3) is 5.82. The summed E-state index contributed by atoms with van der Waals surface area (Å²) >= 11 is 0. The lowest BCUT2D eigenvalue weighted by Gasteiger charge is -2.31. The molecule has 1 rings (SSSR count). The van der Waals surface area contributed by atoms with Gasteiger partial charge in [-0.3, -0.25) is 4.21 Å². The summed E-state index contributed by atoms with van der Waals surface area (Å²) in [5.41, 5.74) is 0.237. The van der Waals surface area contributed by atoms with Gasteiger partial charge >= 0.3 is 0 Å². The summed E-state index contributed by atoms with van der Waals surface area (Å²) in [6, 6.07) is 0. The molecule has 0 amide bonds. The Kier molecular flexibility index (Phi) is 4.37. The van der Waals surface area contributed by atoms with Crippen molar-refractivity contribution < 1.29 is 13.7 Å². The van der Waals surface area contributed by atoms with Crippen molar-refractivity contribution in [2.45, 2.75) is 39.5 Å². The summed E-state index contributed by atoms with van der Waals surface area (Å²) in [5, 5.41) is 0. The Hall–Kier alpha value is -0.130. The lowest BCUT2D eigenvalue weighted by molar-refractivity contribution is -0.138. The van der Waals surface area contributed by atoms with Gasteiger partial charge in [0.25, 0.3) is 0 Å². The van der Waals surface area contributed by atoms with Gasteiger partial charge in [-0.05, 0) is 11.8 Å². The highest BCUT2D eigenvalue weighted by molar-refractivity contribution is 7.92. The van der Waals surface area contributed by atoms with Crippen molar-refractivity contribution in [3.63, 3.8) is 0 Å². The second kappa shape index (κ2) is 5.02. The summed E-state index contributed by atoms with van der Waals surface area (Å²) in [7, 11) is -2.11. The maximum absolute atomic E-state index is 11.5. The first-order valence-electron chi connectivity index (χ1n) is 5.55. The van der Waals surface area contributed by atoms with Crippen LogP contribution in [0.25, 0.3) is 0 Å². The fourth-order valence-electron chi connectivity index (χ4n) is 1.68. The topological polar surface area (TPSA) is 47.9 Å². The fourth-order valence-corrected chi connectivity index (χ4v) is 2.37. The Balaban J connectivity index is 2.44. The van der Waals surface area contributed by atoms with Gasteiger partial charge in [-0.15, -0.1) is 0 Å². The van der Waals surface area contributed by atoms with Crippen LogP contribution in [0.15, 0.2) is 4.36 Å². The Labute approximate surface area is 98.9 Å². The molecule has 1 aliphatic heterocycles. The Morgan fingerprint density at radius 1 is 1.25 bits per heavy atom. The standard InChI is InChI=1S/C11H23NO3S/c1-11(2,3)6-9-7-15-10(8-14-9)12-16(4,5)13/h9-10H,6-8H2,1-5H3. The van der Waals surface area contributed by atoms with Crippen LogP contribution in [0.3, 0.4) is 0 Å². The van der Waals surface area contributed by atoms with E-state index in [1.54, 1.807) is 12.5 Å². The lowest BCUT2D eigenvalue weighted by Crippen LogP contribution is -2.37. The van der Waals surface area contributed by atoms with Crippen LogP contribution in [-0.2, 0) is 19.2 Å². The van der Waals surface area contributed by atoms with Crippen LogP contribution in [0.4, 0.5) is 0 Å². The molecular formula is C11H23NO3S. The molecule has 0 bridgehead atoms. The van der Waals surface area contributed by atoms with Gasteiger partial charge in [0.05, 0.1) is 19.3 Å². The minimum absolute atomic E-state index is 0.135. The van der Waals surface area contributed by atoms with E-state index in [2.05, 4.69) is 25.1 Å². The molecule has 16 heavy (non-hydrogen) atoms.